The molecule has 0 heterocycles. The summed E-state index contributed by atoms with van der Waals surface area (Å²) in [5.74, 6) is 0.588. The van der Waals surface area contributed by atoms with Gasteiger partial charge in [-0.2, -0.15) is 0 Å². The zero-order chi connectivity index (χ0) is 13.4. The lowest BCUT2D eigenvalue weighted by Crippen LogP contribution is -2.35. The number of hydrogen-bond donors (Lipinski definition) is 1. The topological polar surface area (TPSA) is 30.5 Å². The lowest BCUT2D eigenvalue weighted by atomic mass is 10.3. The molecule has 0 aromatic heterocycles. The normalized spacial score (nSPS) is 12.4. The van der Waals surface area contributed by atoms with E-state index in [0.717, 1.165) is 13.0 Å². The first-order chi connectivity index (χ1) is 8.67. The minimum atomic E-state index is -0.0856. The van der Waals surface area contributed by atoms with Crippen LogP contribution in [0, 0.1) is 0 Å². The smallest absolute Gasteiger partial charge is 0.139 e. The second-order valence-corrected chi connectivity index (χ2v) is 4.82. The van der Waals surface area contributed by atoms with Gasteiger partial charge in [0.15, 0.2) is 0 Å². The van der Waals surface area contributed by atoms with Crippen LogP contribution in [-0.2, 0) is 4.74 Å². The molecule has 1 aromatic rings. The molecule has 0 amide bonds. The van der Waals surface area contributed by atoms with Crippen molar-refractivity contribution in [3.05, 3.63) is 28.2 Å². The molecule has 1 unspecified atom stereocenters. The first kappa shape index (κ1) is 15.6. The van der Waals surface area contributed by atoms with Crippen molar-refractivity contribution in [3.8, 4) is 5.75 Å². The molecule has 0 radical (unpaired) electrons. The third kappa shape index (κ3) is 5.44. The molecule has 0 fully saturated rings. The Kier molecular flexibility index (Phi) is 7.44. The second-order valence-electron chi connectivity index (χ2n) is 3.97. The summed E-state index contributed by atoms with van der Waals surface area (Å²) in [6.45, 7) is 4.28. The predicted octanol–water partition coefficient (Wildman–Crippen LogP) is 3.39. The highest BCUT2D eigenvalue weighted by molar-refractivity contribution is 6.34. The molecule has 0 bridgehead atoms. The zero-order valence-electron chi connectivity index (χ0n) is 10.7. The molecule has 1 atom stereocenters. The van der Waals surface area contributed by atoms with Crippen LogP contribution in [0.15, 0.2) is 18.2 Å². The van der Waals surface area contributed by atoms with Gasteiger partial charge in [-0.3, -0.25) is 0 Å². The van der Waals surface area contributed by atoms with Crippen LogP contribution >= 0.6 is 23.2 Å². The highest BCUT2D eigenvalue weighted by atomic mass is 35.5. The Balaban J connectivity index is 2.60. The largest absolute Gasteiger partial charge is 0.485 e. The molecule has 5 heteroatoms. The van der Waals surface area contributed by atoms with E-state index in [1.54, 1.807) is 25.3 Å². The lowest BCUT2D eigenvalue weighted by Gasteiger charge is -2.19. The standard InChI is InChI=1S/C13H19Cl2NO2/c1-3-6-16-8-11(9-17-2)18-13-7-10(14)4-5-12(13)15/h4-5,7,11,16H,3,6,8-9H2,1-2H3. The van der Waals surface area contributed by atoms with Crippen molar-refractivity contribution in [2.45, 2.75) is 19.4 Å². The average molecular weight is 292 g/mol. The third-order valence-electron chi connectivity index (χ3n) is 2.34. The Hall–Kier alpha value is -0.480. The summed E-state index contributed by atoms with van der Waals surface area (Å²) in [6.07, 6.45) is 0.995. The Morgan fingerprint density at radius 3 is 2.78 bits per heavy atom. The predicted molar refractivity (Wildman–Crippen MR) is 75.9 cm³/mol. The number of nitrogens with one attached hydrogen (secondary N) is 1. The number of hydrogen-bond acceptors (Lipinski definition) is 3. The number of methoxy groups -OCH3 is 1. The molecule has 1 rings (SSSR count). The van der Waals surface area contributed by atoms with E-state index in [4.69, 9.17) is 32.7 Å². The minimum Gasteiger partial charge on any atom is -0.485 e. The van der Waals surface area contributed by atoms with E-state index in [2.05, 4.69) is 12.2 Å². The average Bonchev–Trinajstić information content (AvgIpc) is 2.34. The summed E-state index contributed by atoms with van der Waals surface area (Å²) in [5.41, 5.74) is 0. The molecule has 0 aliphatic carbocycles. The maximum absolute atomic E-state index is 6.06. The van der Waals surface area contributed by atoms with Gasteiger partial charge in [-0.25, -0.2) is 0 Å². The molecule has 3 nitrogen and oxygen atoms in total. The highest BCUT2D eigenvalue weighted by Crippen LogP contribution is 2.28. The molecule has 0 saturated heterocycles. The molecule has 1 aromatic carbocycles. The van der Waals surface area contributed by atoms with E-state index >= 15 is 0 Å². The van der Waals surface area contributed by atoms with E-state index in [-0.39, 0.29) is 6.10 Å². The van der Waals surface area contributed by atoms with Gasteiger partial charge in [0.2, 0.25) is 0 Å². The van der Waals surface area contributed by atoms with Crippen molar-refractivity contribution in [2.75, 3.05) is 26.8 Å². The van der Waals surface area contributed by atoms with Crippen LogP contribution in [0.1, 0.15) is 13.3 Å². The van der Waals surface area contributed by atoms with Crippen molar-refractivity contribution in [2.24, 2.45) is 0 Å². The van der Waals surface area contributed by atoms with Crippen molar-refractivity contribution >= 4 is 23.2 Å². The van der Waals surface area contributed by atoms with Gasteiger partial charge in [0.25, 0.3) is 0 Å². The van der Waals surface area contributed by atoms with Crippen LogP contribution in [0.5, 0.6) is 5.75 Å². The van der Waals surface area contributed by atoms with Crippen LogP contribution in [0.2, 0.25) is 10.0 Å². The monoisotopic (exact) mass is 291 g/mol. The summed E-state index contributed by atoms with van der Waals surface area (Å²) < 4.78 is 10.9. The SMILES string of the molecule is CCCNCC(COC)Oc1cc(Cl)ccc1Cl. The maximum atomic E-state index is 6.06. The maximum Gasteiger partial charge on any atom is 0.139 e. The molecule has 18 heavy (non-hydrogen) atoms. The highest BCUT2D eigenvalue weighted by Gasteiger charge is 2.12. The van der Waals surface area contributed by atoms with Crippen molar-refractivity contribution in [3.63, 3.8) is 0 Å². The molecule has 1 N–H and O–H groups in total. The third-order valence-corrected chi connectivity index (χ3v) is 2.89. The fourth-order valence-electron chi connectivity index (χ4n) is 1.51. The minimum absolute atomic E-state index is 0.0856. The van der Waals surface area contributed by atoms with Crippen molar-refractivity contribution in [1.29, 1.82) is 0 Å². The first-order valence-electron chi connectivity index (χ1n) is 5.98. The van der Waals surface area contributed by atoms with E-state index < -0.39 is 0 Å². The molecule has 102 valence electrons. The van der Waals surface area contributed by atoms with E-state index in [1.807, 2.05) is 0 Å². The van der Waals surface area contributed by atoms with E-state index in [1.165, 1.54) is 0 Å². The quantitative estimate of drug-likeness (QED) is 0.745. The fraction of sp³-hybridized carbons (Fsp3) is 0.538. The van der Waals surface area contributed by atoms with Gasteiger partial charge in [0.05, 0.1) is 11.6 Å². The van der Waals surface area contributed by atoms with Gasteiger partial charge in [0.1, 0.15) is 11.9 Å². The Morgan fingerprint density at radius 2 is 2.11 bits per heavy atom. The fourth-order valence-corrected chi connectivity index (χ4v) is 1.83. The van der Waals surface area contributed by atoms with E-state index in [9.17, 15) is 0 Å². The summed E-state index contributed by atoms with van der Waals surface area (Å²) in [7, 11) is 1.65. The van der Waals surface area contributed by atoms with Gasteiger partial charge in [-0.1, -0.05) is 30.1 Å². The zero-order valence-corrected chi connectivity index (χ0v) is 12.2. The molecular weight excluding hydrogens is 273 g/mol. The Morgan fingerprint density at radius 1 is 1.33 bits per heavy atom. The van der Waals surface area contributed by atoms with Crippen LogP contribution in [-0.4, -0.2) is 32.9 Å². The van der Waals surface area contributed by atoms with Crippen LogP contribution in [0.4, 0.5) is 0 Å². The van der Waals surface area contributed by atoms with Crippen LogP contribution in [0.25, 0.3) is 0 Å². The lowest BCUT2D eigenvalue weighted by molar-refractivity contribution is 0.0808. The number of rotatable bonds is 8. The molecule has 0 spiro atoms. The summed E-state index contributed by atoms with van der Waals surface area (Å²) >= 11 is 12.0. The summed E-state index contributed by atoms with van der Waals surface area (Å²) in [4.78, 5) is 0. The summed E-state index contributed by atoms with van der Waals surface area (Å²) in [6, 6.07) is 5.17. The molecular formula is C13H19Cl2NO2. The van der Waals surface area contributed by atoms with Gasteiger partial charge in [-0.15, -0.1) is 0 Å². The Labute approximate surface area is 118 Å². The molecule has 0 saturated carbocycles. The molecule has 0 aliphatic heterocycles. The Bertz CT molecular complexity index is 361. The van der Waals surface area contributed by atoms with Crippen molar-refractivity contribution in [1.82, 2.24) is 5.32 Å². The van der Waals surface area contributed by atoms with Gasteiger partial charge in [-0.05, 0) is 25.1 Å². The van der Waals surface area contributed by atoms with Gasteiger partial charge < -0.3 is 14.8 Å². The van der Waals surface area contributed by atoms with Crippen LogP contribution in [0.3, 0.4) is 0 Å². The number of halogens is 2. The van der Waals surface area contributed by atoms with Crippen LogP contribution < -0.4 is 10.1 Å². The second kappa shape index (κ2) is 8.59. The van der Waals surface area contributed by atoms with Gasteiger partial charge >= 0.3 is 0 Å². The number of ether oxygens (including phenoxy) is 2. The van der Waals surface area contributed by atoms with Crippen molar-refractivity contribution < 1.29 is 9.47 Å². The number of benzene rings is 1. The van der Waals surface area contributed by atoms with E-state index in [0.29, 0.717) is 28.9 Å². The van der Waals surface area contributed by atoms with Gasteiger partial charge in [0, 0.05) is 24.7 Å². The first-order valence-corrected chi connectivity index (χ1v) is 6.74. The molecule has 0 aliphatic rings. The summed E-state index contributed by atoms with van der Waals surface area (Å²) in [5, 5.41) is 4.45.